The summed E-state index contributed by atoms with van der Waals surface area (Å²) in [5, 5.41) is 2.32. The summed E-state index contributed by atoms with van der Waals surface area (Å²) in [7, 11) is 0.117. The minimum absolute atomic E-state index is 0.117. The van der Waals surface area contributed by atoms with Crippen LogP contribution in [0.25, 0.3) is 11.3 Å². The van der Waals surface area contributed by atoms with Crippen LogP contribution in [0, 0.1) is 0 Å². The molecule has 0 aromatic heterocycles. The lowest BCUT2D eigenvalue weighted by Crippen LogP contribution is -2.01. The van der Waals surface area contributed by atoms with Gasteiger partial charge in [0.15, 0.2) is 0 Å². The second-order valence-corrected chi connectivity index (χ2v) is 5.85. The van der Waals surface area contributed by atoms with Gasteiger partial charge >= 0.3 is 0 Å². The van der Waals surface area contributed by atoms with Gasteiger partial charge in [0.25, 0.3) is 0 Å². The Labute approximate surface area is 110 Å². The van der Waals surface area contributed by atoms with Gasteiger partial charge in [0.2, 0.25) is 0 Å². The first kappa shape index (κ1) is 11.3. The second kappa shape index (κ2) is 4.83. The lowest BCUT2D eigenvalue weighted by atomic mass is 10.0. The molecular weight excluding hydrogens is 238 g/mol. The molecule has 0 saturated heterocycles. The zero-order valence-electron chi connectivity index (χ0n) is 10.3. The molecule has 90 valence electrons. The third-order valence-electron chi connectivity index (χ3n) is 2.97. The Morgan fingerprint density at radius 3 is 1.94 bits per heavy atom. The van der Waals surface area contributed by atoms with Gasteiger partial charge in [0.05, 0.1) is 5.70 Å². The van der Waals surface area contributed by atoms with E-state index in [1.54, 1.807) is 0 Å². The topological polar surface area (TPSA) is 12.0 Å². The fraction of sp³-hybridized carbons (Fsp3) is 0.0625. The smallest absolute Gasteiger partial charge is 0.0594 e. The molecular formula is C16H15NS. The zero-order chi connectivity index (χ0) is 12.4. The van der Waals surface area contributed by atoms with E-state index in [9.17, 15) is 0 Å². The van der Waals surface area contributed by atoms with Gasteiger partial charge in [-0.3, -0.25) is 0 Å². The number of allylic oxidation sites excluding steroid dienone is 1. The van der Waals surface area contributed by atoms with Gasteiger partial charge in [-0.1, -0.05) is 71.3 Å². The molecule has 2 aromatic carbocycles. The molecule has 1 aliphatic heterocycles. The quantitative estimate of drug-likeness (QED) is 0.803. The molecule has 2 heteroatoms. The van der Waals surface area contributed by atoms with Crippen LogP contribution in [0.2, 0.25) is 0 Å². The summed E-state index contributed by atoms with van der Waals surface area (Å²) in [5.74, 6) is 0. The Morgan fingerprint density at radius 1 is 0.778 bits per heavy atom. The molecule has 1 aliphatic rings. The van der Waals surface area contributed by atoms with Gasteiger partial charge in [0.1, 0.15) is 0 Å². The van der Waals surface area contributed by atoms with Crippen LogP contribution in [0.15, 0.2) is 60.7 Å². The van der Waals surface area contributed by atoms with Gasteiger partial charge in [0, 0.05) is 5.57 Å². The van der Waals surface area contributed by atoms with Crippen molar-refractivity contribution < 1.29 is 0 Å². The van der Waals surface area contributed by atoms with E-state index in [1.165, 1.54) is 22.4 Å². The van der Waals surface area contributed by atoms with Crippen molar-refractivity contribution in [2.75, 3.05) is 6.26 Å². The predicted molar refractivity (Wildman–Crippen MR) is 82.4 cm³/mol. The first-order chi connectivity index (χ1) is 8.84. The van der Waals surface area contributed by atoms with Crippen molar-refractivity contribution in [1.29, 1.82) is 0 Å². The van der Waals surface area contributed by atoms with Gasteiger partial charge in [-0.2, -0.15) is 0 Å². The van der Waals surface area contributed by atoms with Crippen LogP contribution >= 0.6 is 10.7 Å². The third kappa shape index (κ3) is 2.12. The number of benzene rings is 2. The maximum atomic E-state index is 3.57. The summed E-state index contributed by atoms with van der Waals surface area (Å²) < 4.78 is 3.57. The molecule has 1 heterocycles. The SMILES string of the molecule is CS1=CC(c2ccccc2)=C(c2ccccc2)N1. The molecule has 0 spiro atoms. The fourth-order valence-corrected chi connectivity index (χ4v) is 3.35. The van der Waals surface area contributed by atoms with Gasteiger partial charge in [-0.25, -0.2) is 0 Å². The van der Waals surface area contributed by atoms with Crippen LogP contribution in [0.5, 0.6) is 0 Å². The van der Waals surface area contributed by atoms with E-state index in [0.29, 0.717) is 0 Å². The van der Waals surface area contributed by atoms with E-state index in [-0.39, 0.29) is 10.7 Å². The molecule has 1 N–H and O–H groups in total. The Hall–Kier alpha value is -1.80. The van der Waals surface area contributed by atoms with Crippen molar-refractivity contribution in [3.05, 3.63) is 71.8 Å². The fourth-order valence-electron chi connectivity index (χ4n) is 2.13. The molecule has 1 atom stereocenters. The summed E-state index contributed by atoms with van der Waals surface area (Å²) in [6.45, 7) is 0. The van der Waals surface area contributed by atoms with Crippen LogP contribution < -0.4 is 4.72 Å². The molecule has 1 nitrogen and oxygen atoms in total. The number of nitrogens with one attached hydrogen (secondary N) is 1. The summed E-state index contributed by atoms with van der Waals surface area (Å²) in [5.41, 5.74) is 5.09. The average molecular weight is 253 g/mol. The summed E-state index contributed by atoms with van der Waals surface area (Å²) >= 11 is 0. The van der Waals surface area contributed by atoms with E-state index in [0.717, 1.165) is 0 Å². The molecule has 1 unspecified atom stereocenters. The van der Waals surface area contributed by atoms with E-state index >= 15 is 0 Å². The van der Waals surface area contributed by atoms with Crippen molar-refractivity contribution in [3.8, 4) is 0 Å². The molecule has 18 heavy (non-hydrogen) atoms. The van der Waals surface area contributed by atoms with E-state index in [1.807, 2.05) is 0 Å². The summed E-state index contributed by atoms with van der Waals surface area (Å²) in [6, 6.07) is 21.1. The van der Waals surface area contributed by atoms with Crippen molar-refractivity contribution in [2.24, 2.45) is 0 Å². The van der Waals surface area contributed by atoms with Gasteiger partial charge in [-0.15, -0.1) is 0 Å². The Balaban J connectivity index is 2.12. The molecule has 0 radical (unpaired) electrons. The first-order valence-electron chi connectivity index (χ1n) is 5.96. The van der Waals surface area contributed by atoms with Crippen molar-refractivity contribution in [2.45, 2.75) is 0 Å². The Morgan fingerprint density at radius 2 is 1.33 bits per heavy atom. The van der Waals surface area contributed by atoms with Crippen molar-refractivity contribution in [3.63, 3.8) is 0 Å². The van der Waals surface area contributed by atoms with Crippen LogP contribution in [0.4, 0.5) is 0 Å². The zero-order valence-corrected chi connectivity index (χ0v) is 11.1. The Kier molecular flexibility index (Phi) is 3.03. The lowest BCUT2D eigenvalue weighted by Gasteiger charge is -2.09. The predicted octanol–water partition coefficient (Wildman–Crippen LogP) is 3.77. The monoisotopic (exact) mass is 253 g/mol. The van der Waals surface area contributed by atoms with E-state index in [4.69, 9.17) is 0 Å². The standard InChI is InChI=1S/C16H15NS/c1-18-12-15(13-8-4-2-5-9-13)16(17-18)14-10-6-3-7-11-14/h2-12,17H,1H3. The molecule has 0 bridgehead atoms. The normalized spacial score (nSPS) is 18.4. The van der Waals surface area contributed by atoms with E-state index < -0.39 is 0 Å². The van der Waals surface area contributed by atoms with Crippen LogP contribution in [-0.4, -0.2) is 11.6 Å². The number of hydrogen-bond donors (Lipinski definition) is 1. The van der Waals surface area contributed by atoms with Gasteiger partial charge < -0.3 is 4.72 Å². The minimum atomic E-state index is 0.117. The Bertz CT molecular complexity index is 612. The largest absolute Gasteiger partial charge is 0.335 e. The van der Waals surface area contributed by atoms with Crippen LogP contribution in [0.3, 0.4) is 0 Å². The molecule has 0 fully saturated rings. The van der Waals surface area contributed by atoms with Crippen molar-refractivity contribution in [1.82, 2.24) is 4.72 Å². The summed E-state index contributed by atoms with van der Waals surface area (Å²) in [6.07, 6.45) is 2.21. The maximum Gasteiger partial charge on any atom is 0.0594 e. The molecule has 0 amide bonds. The lowest BCUT2D eigenvalue weighted by molar-refractivity contribution is 1.42. The molecule has 2 aromatic rings. The van der Waals surface area contributed by atoms with Crippen LogP contribution in [0.1, 0.15) is 11.1 Å². The third-order valence-corrected chi connectivity index (χ3v) is 4.09. The number of rotatable bonds is 2. The highest BCUT2D eigenvalue weighted by atomic mass is 32.2. The highest BCUT2D eigenvalue weighted by Gasteiger charge is 2.15. The van der Waals surface area contributed by atoms with E-state index in [2.05, 4.69) is 77.0 Å². The highest BCUT2D eigenvalue weighted by molar-refractivity contribution is 8.14. The maximum absolute atomic E-state index is 3.57. The number of hydrogen-bond acceptors (Lipinski definition) is 1. The van der Waals surface area contributed by atoms with Crippen molar-refractivity contribution >= 4 is 27.3 Å². The molecule has 0 saturated carbocycles. The second-order valence-electron chi connectivity index (χ2n) is 4.30. The average Bonchev–Trinajstić information content (AvgIpc) is 2.83. The molecule has 0 aliphatic carbocycles. The first-order valence-corrected chi connectivity index (χ1v) is 7.65. The van der Waals surface area contributed by atoms with Crippen LogP contribution in [-0.2, 0) is 0 Å². The van der Waals surface area contributed by atoms with Gasteiger partial charge in [-0.05, 0) is 22.8 Å². The minimum Gasteiger partial charge on any atom is -0.335 e. The molecule has 3 rings (SSSR count). The summed E-state index contributed by atoms with van der Waals surface area (Å²) in [4.78, 5) is 0. The highest BCUT2D eigenvalue weighted by Crippen LogP contribution is 2.31.